The van der Waals surface area contributed by atoms with Crippen LogP contribution in [0.15, 0.2) is 58.3 Å². The Morgan fingerprint density at radius 1 is 0.893 bits per heavy atom. The molecule has 1 N–H and O–H groups in total. The van der Waals surface area contributed by atoms with Gasteiger partial charge in [0.05, 0.1) is 22.3 Å². The van der Waals surface area contributed by atoms with Gasteiger partial charge in [-0.25, -0.2) is 4.79 Å². The monoisotopic (exact) mass is 415 g/mol. The lowest BCUT2D eigenvalue weighted by molar-refractivity contribution is 0.472. The van der Waals surface area contributed by atoms with Gasteiger partial charge >= 0.3 is 5.69 Å². The van der Waals surface area contributed by atoms with Gasteiger partial charge in [0, 0.05) is 30.3 Å². The van der Waals surface area contributed by atoms with Crippen molar-refractivity contribution in [3.63, 3.8) is 0 Å². The SMILES string of the molecule is Cn1c(=O)c2c(-c3ccc(Cl)cc3)n(-c3cc(Cl)ccc3O)cc2n(C)c1=O. The lowest BCUT2D eigenvalue weighted by atomic mass is 10.1. The third kappa shape index (κ3) is 2.73. The van der Waals surface area contributed by atoms with E-state index in [0.29, 0.717) is 37.9 Å². The minimum absolute atomic E-state index is 0.0123. The van der Waals surface area contributed by atoms with E-state index in [2.05, 4.69) is 0 Å². The van der Waals surface area contributed by atoms with E-state index < -0.39 is 11.2 Å². The van der Waals surface area contributed by atoms with E-state index in [1.807, 2.05) is 0 Å². The van der Waals surface area contributed by atoms with Crippen LogP contribution >= 0.6 is 23.2 Å². The third-order valence-electron chi connectivity index (χ3n) is 4.75. The first-order valence-electron chi connectivity index (χ1n) is 8.35. The van der Waals surface area contributed by atoms with Crippen molar-refractivity contribution in [3.05, 3.63) is 79.5 Å². The van der Waals surface area contributed by atoms with E-state index in [1.54, 1.807) is 54.2 Å². The van der Waals surface area contributed by atoms with Crippen LogP contribution in [0.5, 0.6) is 5.75 Å². The molecule has 0 amide bonds. The van der Waals surface area contributed by atoms with Crippen LogP contribution < -0.4 is 11.2 Å². The molecule has 0 bridgehead atoms. The van der Waals surface area contributed by atoms with Crippen molar-refractivity contribution >= 4 is 34.1 Å². The van der Waals surface area contributed by atoms with Crippen LogP contribution in [0.3, 0.4) is 0 Å². The van der Waals surface area contributed by atoms with Crippen LogP contribution in [0.25, 0.3) is 27.8 Å². The van der Waals surface area contributed by atoms with E-state index in [-0.39, 0.29) is 5.75 Å². The quantitative estimate of drug-likeness (QED) is 0.542. The molecule has 4 rings (SSSR count). The molecular weight excluding hydrogens is 401 g/mol. The lowest BCUT2D eigenvalue weighted by Gasteiger charge is -2.12. The normalized spacial score (nSPS) is 11.3. The summed E-state index contributed by atoms with van der Waals surface area (Å²) in [6.07, 6.45) is 1.65. The lowest BCUT2D eigenvalue weighted by Crippen LogP contribution is -2.36. The summed E-state index contributed by atoms with van der Waals surface area (Å²) in [5, 5.41) is 11.8. The Morgan fingerprint density at radius 2 is 1.54 bits per heavy atom. The summed E-state index contributed by atoms with van der Waals surface area (Å²) in [5.41, 5.74) is 1.20. The van der Waals surface area contributed by atoms with Crippen molar-refractivity contribution < 1.29 is 5.11 Å². The zero-order valence-corrected chi connectivity index (χ0v) is 16.5. The summed E-state index contributed by atoms with van der Waals surface area (Å²) in [5.74, 6) is -0.0123. The van der Waals surface area contributed by atoms with E-state index in [0.717, 1.165) is 4.57 Å². The number of hydrogen-bond donors (Lipinski definition) is 1. The Labute approximate surface area is 169 Å². The fourth-order valence-electron chi connectivity index (χ4n) is 3.31. The van der Waals surface area contributed by atoms with Crippen molar-refractivity contribution in [2.45, 2.75) is 0 Å². The second-order valence-corrected chi connectivity index (χ2v) is 7.33. The molecule has 0 spiro atoms. The average molecular weight is 416 g/mol. The molecule has 8 heteroatoms. The molecule has 0 saturated carbocycles. The molecule has 4 aromatic rings. The van der Waals surface area contributed by atoms with Crippen LogP contribution in [-0.4, -0.2) is 18.8 Å². The Balaban J connectivity index is 2.23. The summed E-state index contributed by atoms with van der Waals surface area (Å²) in [6, 6.07) is 11.6. The van der Waals surface area contributed by atoms with Gasteiger partial charge in [-0.3, -0.25) is 13.9 Å². The Kier molecular flexibility index (Phi) is 4.33. The standard InChI is InChI=1S/C20H15Cl2N3O3/c1-23-15-10-25(14-9-13(22)7-8-16(14)26)18(11-3-5-12(21)6-4-11)17(15)19(27)24(2)20(23)28/h3-10,26H,1-2H3. The number of aromatic nitrogens is 3. The molecule has 0 saturated heterocycles. The smallest absolute Gasteiger partial charge is 0.330 e. The second kappa shape index (κ2) is 6.58. The maximum absolute atomic E-state index is 13.0. The van der Waals surface area contributed by atoms with Crippen LogP contribution in [0.1, 0.15) is 0 Å². The summed E-state index contributed by atoms with van der Waals surface area (Å²) >= 11 is 12.2. The predicted molar refractivity (Wildman–Crippen MR) is 111 cm³/mol. The first kappa shape index (κ1) is 18.4. The highest BCUT2D eigenvalue weighted by Crippen LogP contribution is 2.35. The molecule has 0 atom stereocenters. The topological polar surface area (TPSA) is 69.2 Å². The molecular formula is C20H15Cl2N3O3. The number of nitrogens with zero attached hydrogens (tertiary/aromatic N) is 3. The Morgan fingerprint density at radius 3 is 2.21 bits per heavy atom. The number of fused-ring (bicyclic) bond motifs is 1. The number of phenols is 1. The van der Waals surface area contributed by atoms with Gasteiger partial charge in [-0.1, -0.05) is 35.3 Å². The molecule has 0 aliphatic rings. The van der Waals surface area contributed by atoms with Crippen molar-refractivity contribution in [2.24, 2.45) is 14.1 Å². The number of benzene rings is 2. The number of aromatic hydroxyl groups is 1. The minimum atomic E-state index is -0.437. The molecule has 0 unspecified atom stereocenters. The maximum atomic E-state index is 13.0. The first-order chi connectivity index (χ1) is 13.3. The van der Waals surface area contributed by atoms with Crippen LogP contribution in [0.2, 0.25) is 10.0 Å². The van der Waals surface area contributed by atoms with Gasteiger partial charge in [0.1, 0.15) is 5.75 Å². The fraction of sp³-hybridized carbons (Fsp3) is 0.100. The van der Waals surface area contributed by atoms with Gasteiger partial charge in [0.15, 0.2) is 0 Å². The van der Waals surface area contributed by atoms with Crippen molar-refractivity contribution in [1.29, 1.82) is 0 Å². The molecule has 2 heterocycles. The van der Waals surface area contributed by atoms with E-state index in [1.165, 1.54) is 17.7 Å². The van der Waals surface area contributed by atoms with Gasteiger partial charge in [0.2, 0.25) is 0 Å². The molecule has 6 nitrogen and oxygen atoms in total. The van der Waals surface area contributed by atoms with E-state index >= 15 is 0 Å². The van der Waals surface area contributed by atoms with Gasteiger partial charge in [-0.2, -0.15) is 0 Å². The van der Waals surface area contributed by atoms with Gasteiger partial charge < -0.3 is 9.67 Å². The molecule has 2 aromatic heterocycles. The first-order valence-corrected chi connectivity index (χ1v) is 9.11. The second-order valence-electron chi connectivity index (χ2n) is 6.45. The number of phenolic OH excluding ortho intramolecular Hbond substituents is 1. The summed E-state index contributed by atoms with van der Waals surface area (Å²) in [7, 11) is 3.03. The van der Waals surface area contributed by atoms with Gasteiger partial charge in [-0.05, 0) is 35.9 Å². The van der Waals surface area contributed by atoms with Crippen molar-refractivity contribution in [2.75, 3.05) is 0 Å². The minimum Gasteiger partial charge on any atom is -0.506 e. The zero-order chi connectivity index (χ0) is 20.2. The zero-order valence-electron chi connectivity index (χ0n) is 15.0. The molecule has 0 aliphatic carbocycles. The maximum Gasteiger partial charge on any atom is 0.330 e. The molecule has 0 aliphatic heterocycles. The highest BCUT2D eigenvalue weighted by molar-refractivity contribution is 6.31. The number of hydrogen-bond acceptors (Lipinski definition) is 3. The van der Waals surface area contributed by atoms with Crippen LogP contribution in [0, 0.1) is 0 Å². The van der Waals surface area contributed by atoms with Crippen LogP contribution in [-0.2, 0) is 14.1 Å². The highest BCUT2D eigenvalue weighted by Gasteiger charge is 2.21. The molecule has 28 heavy (non-hydrogen) atoms. The van der Waals surface area contributed by atoms with Crippen molar-refractivity contribution in [3.8, 4) is 22.7 Å². The number of rotatable bonds is 2. The molecule has 142 valence electrons. The summed E-state index contributed by atoms with van der Waals surface area (Å²) < 4.78 is 4.12. The van der Waals surface area contributed by atoms with Crippen LogP contribution in [0.4, 0.5) is 0 Å². The third-order valence-corrected chi connectivity index (χ3v) is 5.24. The van der Waals surface area contributed by atoms with E-state index in [4.69, 9.17) is 23.2 Å². The number of halogens is 2. The Bertz CT molecular complexity index is 1350. The predicted octanol–water partition coefficient (Wildman–Crippen LogP) is 3.71. The largest absolute Gasteiger partial charge is 0.506 e. The van der Waals surface area contributed by atoms with E-state index in [9.17, 15) is 14.7 Å². The molecule has 0 fully saturated rings. The summed E-state index contributed by atoms with van der Waals surface area (Å²) in [6.45, 7) is 0. The highest BCUT2D eigenvalue weighted by atomic mass is 35.5. The number of aryl methyl sites for hydroxylation is 1. The molecule has 2 aromatic carbocycles. The molecule has 0 radical (unpaired) electrons. The van der Waals surface area contributed by atoms with Crippen molar-refractivity contribution in [1.82, 2.24) is 13.7 Å². The average Bonchev–Trinajstić information content (AvgIpc) is 3.07. The summed E-state index contributed by atoms with van der Waals surface area (Å²) in [4.78, 5) is 25.4. The fourth-order valence-corrected chi connectivity index (χ4v) is 3.60. The Hall–Kier alpha value is -2.96. The van der Waals surface area contributed by atoms with Gasteiger partial charge in [0.25, 0.3) is 5.56 Å². The van der Waals surface area contributed by atoms with Gasteiger partial charge in [-0.15, -0.1) is 0 Å².